The van der Waals surface area contributed by atoms with Crippen LogP contribution in [0.5, 0.6) is 0 Å². The number of hydrogen-bond donors (Lipinski definition) is 1. The first kappa shape index (κ1) is 23.6. The highest BCUT2D eigenvalue weighted by molar-refractivity contribution is 7.10. The van der Waals surface area contributed by atoms with E-state index in [9.17, 15) is 14.4 Å². The van der Waals surface area contributed by atoms with Gasteiger partial charge in [-0.2, -0.15) is 0 Å². The van der Waals surface area contributed by atoms with Gasteiger partial charge >= 0.3 is 0 Å². The van der Waals surface area contributed by atoms with Crippen molar-refractivity contribution in [2.45, 2.75) is 39.2 Å². The average molecular weight is 482 g/mol. The molecule has 1 aromatic carbocycles. The monoisotopic (exact) mass is 481 g/mol. The van der Waals surface area contributed by atoms with Crippen molar-refractivity contribution in [2.75, 3.05) is 25.0 Å². The molecule has 3 rings (SSSR count). The number of fused-ring (bicyclic) bond motifs is 1. The van der Waals surface area contributed by atoms with Crippen LogP contribution in [0.25, 0.3) is 0 Å². The van der Waals surface area contributed by atoms with Crippen LogP contribution in [0.3, 0.4) is 0 Å². The van der Waals surface area contributed by atoms with Gasteiger partial charge in [0.2, 0.25) is 17.7 Å². The van der Waals surface area contributed by atoms with E-state index >= 15 is 0 Å². The Bertz CT molecular complexity index is 963. The SMILES string of the molecule is CCCN(CC(=O)Nc1ccc(Cl)cc1Cl)C(=O)CCC(=O)N1CCc2sccc2C1. The Hall–Kier alpha value is -2.09. The summed E-state index contributed by atoms with van der Waals surface area (Å²) < 4.78 is 0. The fraction of sp³-hybridized carbons (Fsp3) is 0.409. The summed E-state index contributed by atoms with van der Waals surface area (Å²) in [6.45, 7) is 3.57. The molecule has 31 heavy (non-hydrogen) atoms. The van der Waals surface area contributed by atoms with Crippen LogP contribution in [0, 0.1) is 0 Å². The van der Waals surface area contributed by atoms with Gasteiger partial charge in [-0.25, -0.2) is 0 Å². The lowest BCUT2D eigenvalue weighted by Gasteiger charge is -2.27. The molecule has 0 saturated carbocycles. The van der Waals surface area contributed by atoms with Gasteiger partial charge in [0.15, 0.2) is 0 Å². The lowest BCUT2D eigenvalue weighted by atomic mass is 10.1. The number of carbonyl (C=O) groups is 3. The molecule has 1 aliphatic rings. The van der Waals surface area contributed by atoms with E-state index in [2.05, 4.69) is 11.4 Å². The summed E-state index contributed by atoms with van der Waals surface area (Å²) in [5, 5.41) is 5.56. The van der Waals surface area contributed by atoms with E-state index in [1.54, 1.807) is 29.5 Å². The molecule has 0 fully saturated rings. The fourth-order valence-corrected chi connectivity index (χ4v) is 4.85. The van der Waals surface area contributed by atoms with Gasteiger partial charge in [0.05, 0.1) is 17.3 Å². The Morgan fingerprint density at radius 2 is 2.00 bits per heavy atom. The summed E-state index contributed by atoms with van der Waals surface area (Å²) in [4.78, 5) is 42.4. The highest BCUT2D eigenvalue weighted by atomic mass is 35.5. The highest BCUT2D eigenvalue weighted by Crippen LogP contribution is 2.26. The number of anilines is 1. The van der Waals surface area contributed by atoms with Crippen molar-refractivity contribution in [3.8, 4) is 0 Å². The predicted octanol–water partition coefficient (Wildman–Crippen LogP) is 4.60. The zero-order chi connectivity index (χ0) is 22.4. The second-order valence-electron chi connectivity index (χ2n) is 7.42. The first-order chi connectivity index (χ1) is 14.9. The van der Waals surface area contributed by atoms with Crippen molar-refractivity contribution in [1.82, 2.24) is 9.80 Å². The fourth-order valence-electron chi connectivity index (χ4n) is 3.51. The molecule has 1 aromatic heterocycles. The van der Waals surface area contributed by atoms with Gasteiger partial charge in [0.25, 0.3) is 0 Å². The topological polar surface area (TPSA) is 69.7 Å². The van der Waals surface area contributed by atoms with Gasteiger partial charge in [0.1, 0.15) is 0 Å². The number of nitrogens with zero attached hydrogens (tertiary/aromatic N) is 2. The predicted molar refractivity (Wildman–Crippen MR) is 125 cm³/mol. The van der Waals surface area contributed by atoms with Crippen LogP contribution in [-0.4, -0.2) is 47.2 Å². The summed E-state index contributed by atoms with van der Waals surface area (Å²) in [6, 6.07) is 6.84. The molecule has 6 nitrogen and oxygen atoms in total. The molecule has 1 N–H and O–H groups in total. The number of thiophene rings is 1. The minimum atomic E-state index is -0.349. The van der Waals surface area contributed by atoms with E-state index < -0.39 is 0 Å². The quantitative estimate of drug-likeness (QED) is 0.598. The Morgan fingerprint density at radius 1 is 1.19 bits per heavy atom. The van der Waals surface area contributed by atoms with Crippen molar-refractivity contribution in [2.24, 2.45) is 0 Å². The lowest BCUT2D eigenvalue weighted by molar-refractivity contribution is -0.138. The van der Waals surface area contributed by atoms with Crippen molar-refractivity contribution in [1.29, 1.82) is 0 Å². The van der Waals surface area contributed by atoms with E-state index in [-0.39, 0.29) is 37.1 Å². The van der Waals surface area contributed by atoms with Gasteiger partial charge in [-0.15, -0.1) is 11.3 Å². The highest BCUT2D eigenvalue weighted by Gasteiger charge is 2.23. The van der Waals surface area contributed by atoms with E-state index in [4.69, 9.17) is 23.2 Å². The van der Waals surface area contributed by atoms with E-state index in [1.165, 1.54) is 15.3 Å². The molecule has 2 heterocycles. The zero-order valence-electron chi connectivity index (χ0n) is 17.3. The summed E-state index contributed by atoms with van der Waals surface area (Å²) in [5.74, 6) is -0.585. The Morgan fingerprint density at radius 3 is 2.74 bits per heavy atom. The number of benzene rings is 1. The molecule has 0 radical (unpaired) electrons. The number of nitrogens with one attached hydrogen (secondary N) is 1. The molecule has 166 valence electrons. The molecule has 2 aromatic rings. The van der Waals surface area contributed by atoms with Crippen molar-refractivity contribution < 1.29 is 14.4 Å². The largest absolute Gasteiger partial charge is 0.338 e. The van der Waals surface area contributed by atoms with Crippen LogP contribution in [0.4, 0.5) is 5.69 Å². The maximum absolute atomic E-state index is 12.7. The van der Waals surface area contributed by atoms with Crippen LogP contribution in [0.1, 0.15) is 36.6 Å². The third-order valence-electron chi connectivity index (χ3n) is 5.10. The number of amides is 3. The van der Waals surface area contributed by atoms with Crippen molar-refractivity contribution in [3.63, 3.8) is 0 Å². The van der Waals surface area contributed by atoms with Crippen LogP contribution >= 0.6 is 34.5 Å². The zero-order valence-corrected chi connectivity index (χ0v) is 19.7. The molecule has 0 unspecified atom stereocenters. The number of rotatable bonds is 8. The maximum atomic E-state index is 12.7. The molecular formula is C22H25Cl2N3O3S. The minimum Gasteiger partial charge on any atom is -0.338 e. The third kappa shape index (κ3) is 6.45. The average Bonchev–Trinajstić information content (AvgIpc) is 3.21. The Labute approximate surface area is 196 Å². The second-order valence-corrected chi connectivity index (χ2v) is 9.27. The normalized spacial score (nSPS) is 12.9. The van der Waals surface area contributed by atoms with Gasteiger partial charge in [-0.3, -0.25) is 14.4 Å². The molecule has 0 bridgehead atoms. The van der Waals surface area contributed by atoms with E-state index in [1.807, 2.05) is 17.2 Å². The van der Waals surface area contributed by atoms with Gasteiger partial charge in [-0.1, -0.05) is 30.1 Å². The van der Waals surface area contributed by atoms with Crippen LogP contribution in [-0.2, 0) is 27.3 Å². The molecular weight excluding hydrogens is 457 g/mol. The summed E-state index contributed by atoms with van der Waals surface area (Å²) in [6.07, 6.45) is 1.80. The maximum Gasteiger partial charge on any atom is 0.244 e. The van der Waals surface area contributed by atoms with Crippen molar-refractivity contribution in [3.05, 3.63) is 50.1 Å². The Kier molecular flexibility index (Phi) is 8.35. The molecule has 3 amide bonds. The molecule has 0 atom stereocenters. The molecule has 0 aliphatic carbocycles. The summed E-state index contributed by atoms with van der Waals surface area (Å²) in [7, 11) is 0. The van der Waals surface area contributed by atoms with Gasteiger partial charge in [0, 0.05) is 42.4 Å². The van der Waals surface area contributed by atoms with E-state index in [0.29, 0.717) is 41.8 Å². The second kappa shape index (κ2) is 11.0. The standard InChI is InChI=1S/C22H25Cl2N3O3S/c1-2-9-26(14-20(28)25-18-4-3-16(23)12-17(18)24)21(29)5-6-22(30)27-10-7-19-15(13-27)8-11-31-19/h3-4,8,11-12H,2,5-7,9-10,13-14H2,1H3,(H,25,28). The summed E-state index contributed by atoms with van der Waals surface area (Å²) >= 11 is 13.7. The minimum absolute atomic E-state index is 0.0287. The van der Waals surface area contributed by atoms with Gasteiger partial charge in [-0.05, 0) is 48.1 Å². The molecule has 0 spiro atoms. The number of hydrogen-bond acceptors (Lipinski definition) is 4. The molecule has 0 saturated heterocycles. The van der Waals surface area contributed by atoms with Crippen molar-refractivity contribution >= 4 is 57.9 Å². The van der Waals surface area contributed by atoms with Crippen LogP contribution < -0.4 is 5.32 Å². The van der Waals surface area contributed by atoms with Crippen LogP contribution in [0.15, 0.2) is 29.6 Å². The first-order valence-electron chi connectivity index (χ1n) is 10.2. The molecule has 1 aliphatic heterocycles. The molecule has 9 heteroatoms. The summed E-state index contributed by atoms with van der Waals surface area (Å²) in [5.41, 5.74) is 1.63. The smallest absolute Gasteiger partial charge is 0.244 e. The number of carbonyl (C=O) groups excluding carboxylic acids is 3. The van der Waals surface area contributed by atoms with Gasteiger partial charge < -0.3 is 15.1 Å². The lowest BCUT2D eigenvalue weighted by Crippen LogP contribution is -2.40. The Balaban J connectivity index is 1.51. The van der Waals surface area contributed by atoms with Crippen LogP contribution in [0.2, 0.25) is 10.0 Å². The number of halogens is 2. The third-order valence-corrected chi connectivity index (χ3v) is 6.67. The van der Waals surface area contributed by atoms with E-state index in [0.717, 1.165) is 6.42 Å². The first-order valence-corrected chi connectivity index (χ1v) is 11.9.